The number of allylic oxidation sites excluding steroid dienone is 10. The highest BCUT2D eigenvalue weighted by atomic mass is 15.2. The Bertz CT molecular complexity index is 2420. The maximum atomic E-state index is 10.9. The van der Waals surface area contributed by atoms with E-state index in [2.05, 4.69) is 163 Å². The van der Waals surface area contributed by atoms with Gasteiger partial charge in [-0.2, -0.15) is 10.5 Å². The van der Waals surface area contributed by atoms with Gasteiger partial charge in [0.05, 0.1) is 29.1 Å². The Hall–Kier alpha value is -6.10. The van der Waals surface area contributed by atoms with E-state index >= 15 is 0 Å². The number of fused-ring (bicyclic) bond motifs is 6. The predicted molar refractivity (Wildman–Crippen MR) is 208 cm³/mol. The lowest BCUT2D eigenvalue weighted by Crippen LogP contribution is -2.29. The molecule has 3 aromatic carbocycles. The molecule has 1 aromatic heterocycles. The fraction of sp³-hybridized carbons (Fsp3) is 0.191. The van der Waals surface area contributed by atoms with Crippen LogP contribution in [0.2, 0.25) is 0 Å². The zero-order chi connectivity index (χ0) is 34.6. The number of para-hydroxylation sites is 1. The van der Waals surface area contributed by atoms with Gasteiger partial charge >= 0.3 is 0 Å². The monoisotopic (exact) mass is 658 g/mol. The van der Waals surface area contributed by atoms with Crippen LogP contribution >= 0.6 is 0 Å². The van der Waals surface area contributed by atoms with E-state index in [9.17, 15) is 10.5 Å². The number of aromatic nitrogens is 1. The van der Waals surface area contributed by atoms with Gasteiger partial charge in [0.1, 0.15) is 6.07 Å². The molecule has 0 saturated carbocycles. The molecule has 9 rings (SSSR count). The van der Waals surface area contributed by atoms with Crippen molar-refractivity contribution in [1.82, 2.24) is 4.57 Å². The standard InChI is InChI=1S/C47H38N4/c1-30-12-9-23-45(51-42-20-5-3-4-16-36(42)38-19-8-13-31(2)47(38)51)46(30)34-15-10-14-33(27-34)35-18-11-22-43(40(35)29-49)50-41-21-7-6-17-37(41)39-26-32(28-48)24-25-44(39)50/h3-12,14,17-27,31,34,39,44H,13,15-16H2,1-2H3. The molecule has 4 nitrogen and oxygen atoms in total. The molecule has 5 aliphatic rings. The van der Waals surface area contributed by atoms with Gasteiger partial charge in [-0.15, -0.1) is 0 Å². The molecule has 246 valence electrons. The first-order valence-electron chi connectivity index (χ1n) is 18.0. The van der Waals surface area contributed by atoms with Crippen molar-refractivity contribution in [3.8, 4) is 17.8 Å². The van der Waals surface area contributed by atoms with Crippen molar-refractivity contribution < 1.29 is 0 Å². The molecular formula is C47H38N4. The van der Waals surface area contributed by atoms with Crippen LogP contribution in [0.4, 0.5) is 11.4 Å². The summed E-state index contributed by atoms with van der Waals surface area (Å²) in [6.45, 7) is 4.60. The Balaban J connectivity index is 1.17. The largest absolute Gasteiger partial charge is 0.332 e. The molecule has 4 aliphatic carbocycles. The molecule has 0 N–H and O–H groups in total. The Morgan fingerprint density at radius 3 is 2.47 bits per heavy atom. The van der Waals surface area contributed by atoms with Crippen LogP contribution in [0.1, 0.15) is 87.9 Å². The van der Waals surface area contributed by atoms with E-state index in [1.165, 1.54) is 44.9 Å². The first kappa shape index (κ1) is 30.9. The smallest absolute Gasteiger partial charge is 0.102 e. The molecule has 0 saturated heterocycles. The van der Waals surface area contributed by atoms with E-state index in [0.29, 0.717) is 17.1 Å². The Kier molecular flexibility index (Phi) is 7.48. The van der Waals surface area contributed by atoms with Crippen LogP contribution < -0.4 is 4.90 Å². The lowest BCUT2D eigenvalue weighted by Gasteiger charge is -2.30. The summed E-state index contributed by atoms with van der Waals surface area (Å²) in [5, 5.41) is 20.5. The van der Waals surface area contributed by atoms with Gasteiger partial charge in [0, 0.05) is 46.0 Å². The molecule has 4 heteroatoms. The number of nitriles is 2. The zero-order valence-electron chi connectivity index (χ0n) is 28.9. The molecule has 0 amide bonds. The van der Waals surface area contributed by atoms with Crippen molar-refractivity contribution in [3.05, 3.63) is 177 Å². The molecule has 4 unspecified atom stereocenters. The molecule has 0 spiro atoms. The summed E-state index contributed by atoms with van der Waals surface area (Å²) >= 11 is 0. The van der Waals surface area contributed by atoms with Gasteiger partial charge in [-0.3, -0.25) is 0 Å². The summed E-state index contributed by atoms with van der Waals surface area (Å²) in [5.74, 6) is 0.601. The van der Waals surface area contributed by atoms with Crippen molar-refractivity contribution in [2.45, 2.75) is 56.9 Å². The summed E-state index contributed by atoms with van der Waals surface area (Å²) in [7, 11) is 0. The lowest BCUT2D eigenvalue weighted by molar-refractivity contribution is 0.710. The summed E-state index contributed by atoms with van der Waals surface area (Å²) in [5.41, 5.74) is 15.8. The summed E-state index contributed by atoms with van der Waals surface area (Å²) in [6.07, 6.45) is 29.4. The summed E-state index contributed by atoms with van der Waals surface area (Å²) in [4.78, 5) is 2.30. The van der Waals surface area contributed by atoms with Crippen LogP contribution in [0.5, 0.6) is 0 Å². The number of benzene rings is 3. The molecule has 4 aromatic rings. The van der Waals surface area contributed by atoms with Gasteiger partial charge in [0.25, 0.3) is 0 Å². The van der Waals surface area contributed by atoms with Gasteiger partial charge in [-0.1, -0.05) is 110 Å². The van der Waals surface area contributed by atoms with Crippen molar-refractivity contribution in [2.24, 2.45) is 0 Å². The number of hydrogen-bond acceptors (Lipinski definition) is 3. The SMILES string of the molecule is Cc1cccc(-n2c3c(c4c2C(C)CC=C4)CC=CC=C3)c1C1C=C(c2cccc(N3c4ccccc4C4C=C(C#N)C=CC43)c2C#N)C=CC1. The minimum absolute atomic E-state index is 0.0101. The first-order chi connectivity index (χ1) is 25.1. The first-order valence-corrected chi connectivity index (χ1v) is 18.0. The van der Waals surface area contributed by atoms with Crippen LogP contribution in [-0.2, 0) is 6.42 Å². The number of aryl methyl sites for hydroxylation is 1. The molecule has 0 bridgehead atoms. The second kappa shape index (κ2) is 12.3. The van der Waals surface area contributed by atoms with Crippen molar-refractivity contribution >= 4 is 29.1 Å². The third kappa shape index (κ3) is 4.86. The second-order valence-electron chi connectivity index (χ2n) is 14.3. The third-order valence-electron chi connectivity index (χ3n) is 11.3. The normalized spacial score (nSPS) is 22.2. The van der Waals surface area contributed by atoms with Crippen LogP contribution in [0.15, 0.2) is 127 Å². The van der Waals surface area contributed by atoms with Gasteiger partial charge in [0.15, 0.2) is 0 Å². The van der Waals surface area contributed by atoms with Crippen molar-refractivity contribution in [3.63, 3.8) is 0 Å². The quantitative estimate of drug-likeness (QED) is 0.219. The van der Waals surface area contributed by atoms with Crippen LogP contribution in [0.3, 0.4) is 0 Å². The van der Waals surface area contributed by atoms with E-state index < -0.39 is 0 Å². The van der Waals surface area contributed by atoms with Gasteiger partial charge in [0.2, 0.25) is 0 Å². The van der Waals surface area contributed by atoms with Crippen LogP contribution in [0, 0.1) is 29.6 Å². The Labute approximate surface area is 300 Å². The molecular weight excluding hydrogens is 621 g/mol. The fourth-order valence-corrected chi connectivity index (χ4v) is 9.12. The molecule has 2 heterocycles. The molecule has 0 radical (unpaired) electrons. The Morgan fingerprint density at radius 2 is 1.59 bits per heavy atom. The van der Waals surface area contributed by atoms with Crippen LogP contribution in [0.25, 0.3) is 23.4 Å². The predicted octanol–water partition coefficient (Wildman–Crippen LogP) is 11.1. The highest BCUT2D eigenvalue weighted by molar-refractivity contribution is 5.87. The van der Waals surface area contributed by atoms with Crippen molar-refractivity contribution in [1.29, 1.82) is 10.5 Å². The topological polar surface area (TPSA) is 55.8 Å². The van der Waals surface area contributed by atoms with E-state index in [0.717, 1.165) is 41.8 Å². The number of nitrogens with zero attached hydrogens (tertiary/aromatic N) is 4. The van der Waals surface area contributed by atoms with Gasteiger partial charge < -0.3 is 9.47 Å². The minimum Gasteiger partial charge on any atom is -0.332 e. The fourth-order valence-electron chi connectivity index (χ4n) is 9.12. The van der Waals surface area contributed by atoms with Crippen LogP contribution in [-0.4, -0.2) is 10.6 Å². The highest BCUT2D eigenvalue weighted by Gasteiger charge is 2.39. The summed E-state index contributed by atoms with van der Waals surface area (Å²) < 4.78 is 2.56. The summed E-state index contributed by atoms with van der Waals surface area (Å²) in [6, 6.07) is 26.3. The average molecular weight is 659 g/mol. The molecule has 51 heavy (non-hydrogen) atoms. The van der Waals surface area contributed by atoms with E-state index in [1.54, 1.807) is 0 Å². The van der Waals surface area contributed by atoms with E-state index in [4.69, 9.17) is 0 Å². The minimum atomic E-state index is -0.0101. The maximum absolute atomic E-state index is 10.9. The molecule has 0 fully saturated rings. The van der Waals surface area contributed by atoms with Gasteiger partial charge in [-0.25, -0.2) is 0 Å². The average Bonchev–Trinajstić information content (AvgIpc) is 3.54. The molecule has 4 atom stereocenters. The lowest BCUT2D eigenvalue weighted by atomic mass is 9.83. The van der Waals surface area contributed by atoms with E-state index in [1.807, 2.05) is 6.08 Å². The highest BCUT2D eigenvalue weighted by Crippen LogP contribution is 2.50. The van der Waals surface area contributed by atoms with Crippen molar-refractivity contribution in [2.75, 3.05) is 4.90 Å². The third-order valence-corrected chi connectivity index (χ3v) is 11.3. The second-order valence-corrected chi connectivity index (χ2v) is 14.3. The van der Waals surface area contributed by atoms with E-state index in [-0.39, 0.29) is 17.9 Å². The number of rotatable bonds is 4. The number of anilines is 2. The van der Waals surface area contributed by atoms with Gasteiger partial charge in [-0.05, 0) is 89.9 Å². The maximum Gasteiger partial charge on any atom is 0.102 e. The molecule has 1 aliphatic heterocycles. The zero-order valence-corrected chi connectivity index (χ0v) is 28.9. The number of hydrogen-bond donors (Lipinski definition) is 0. The Morgan fingerprint density at radius 1 is 0.765 bits per heavy atom.